The van der Waals surface area contributed by atoms with Crippen molar-refractivity contribution in [1.82, 2.24) is 0 Å². The van der Waals surface area contributed by atoms with Crippen molar-refractivity contribution in [1.29, 1.82) is 0 Å². The Labute approximate surface area is 83.3 Å². The highest BCUT2D eigenvalue weighted by atomic mass is 19.2. The fourth-order valence-electron chi connectivity index (χ4n) is 1.75. The number of rotatable bonds is 0. The minimum absolute atomic E-state index is 0.232. The molecule has 0 saturated carbocycles. The lowest BCUT2D eigenvalue weighted by atomic mass is 9.99. The summed E-state index contributed by atoms with van der Waals surface area (Å²) in [7, 11) is 0. The van der Waals surface area contributed by atoms with Crippen LogP contribution in [0.25, 0.3) is 21.5 Å². The molecule has 4 aromatic carbocycles. The summed E-state index contributed by atoms with van der Waals surface area (Å²) in [5.41, 5.74) is 0. The Balaban J connectivity index is 2.62. The summed E-state index contributed by atoms with van der Waals surface area (Å²) in [6, 6.07) is 8.89. The number of fused-ring (bicyclic) bond motifs is 2. The molecule has 4 aromatic rings. The molecule has 0 heterocycles. The van der Waals surface area contributed by atoms with E-state index in [2.05, 4.69) is 12.1 Å². The molecule has 72 valence electrons. The third-order valence-electron chi connectivity index (χ3n) is 2.44. The number of halogens is 3. The van der Waals surface area contributed by atoms with Crippen LogP contribution in [0.5, 0.6) is 0 Å². The van der Waals surface area contributed by atoms with Crippen LogP contribution in [-0.2, 0) is 0 Å². The Hall–Kier alpha value is -1.77. The maximum Gasteiger partial charge on any atom is 0.168 e. The summed E-state index contributed by atoms with van der Waals surface area (Å²) in [4.78, 5) is 0. The Morgan fingerprint density at radius 1 is 0.867 bits per heavy atom. The first-order valence-corrected chi connectivity index (χ1v) is 4.30. The van der Waals surface area contributed by atoms with Crippen molar-refractivity contribution in [2.75, 3.05) is 0 Å². The van der Waals surface area contributed by atoms with Gasteiger partial charge in [-0.3, -0.25) is 0 Å². The van der Waals surface area contributed by atoms with Crippen molar-refractivity contribution in [3.8, 4) is 0 Å². The zero-order valence-corrected chi connectivity index (χ0v) is 7.37. The van der Waals surface area contributed by atoms with E-state index in [1.54, 1.807) is 6.07 Å². The first kappa shape index (κ1) is 8.53. The van der Waals surface area contributed by atoms with Gasteiger partial charge in [0.2, 0.25) is 0 Å². The smallest absolute Gasteiger partial charge is 0.168 e. The second kappa shape index (κ2) is 2.63. The van der Waals surface area contributed by atoms with Gasteiger partial charge in [0, 0.05) is 28.3 Å². The summed E-state index contributed by atoms with van der Waals surface area (Å²) in [5.74, 6) is -2.66. The van der Waals surface area contributed by atoms with E-state index in [1.165, 1.54) is 12.1 Å². The van der Waals surface area contributed by atoms with Gasteiger partial charge in [0.25, 0.3) is 0 Å². The third-order valence-corrected chi connectivity index (χ3v) is 2.44. The lowest BCUT2D eigenvalue weighted by Crippen LogP contribution is -1.91. The number of hydrogen-bond acceptors (Lipinski definition) is 0. The maximum atomic E-state index is 13.3. The molecule has 0 amide bonds. The molecule has 0 atom stereocenters. The van der Waals surface area contributed by atoms with Crippen LogP contribution < -0.4 is 0 Å². The fraction of sp³-hybridized carbons (Fsp3) is 0. The van der Waals surface area contributed by atoms with Crippen molar-refractivity contribution in [3.63, 3.8) is 0 Å². The lowest BCUT2D eigenvalue weighted by molar-refractivity contribution is 0.508. The highest BCUT2D eigenvalue weighted by Gasteiger charge is 2.13. The summed E-state index contributed by atoms with van der Waals surface area (Å²) >= 11 is 0. The van der Waals surface area contributed by atoms with E-state index in [0.29, 0.717) is 10.8 Å². The van der Waals surface area contributed by atoms with Crippen molar-refractivity contribution < 1.29 is 13.2 Å². The van der Waals surface area contributed by atoms with Crippen molar-refractivity contribution in [2.45, 2.75) is 0 Å². The molecule has 0 nitrogen and oxygen atoms in total. The third kappa shape index (κ3) is 1.03. The molecule has 0 aliphatic heterocycles. The standard InChI is InChI=1S/C12H3F3/c13-10-3-6-1-2-7(10)9-5-12(15)11(14)4-8(6)9/h1-3H. The SMILES string of the molecule is Fc1[c]c2c3ccc(c(F)c3)c2[c]c1F. The van der Waals surface area contributed by atoms with E-state index in [-0.39, 0.29) is 10.8 Å². The molecule has 0 aliphatic carbocycles. The van der Waals surface area contributed by atoms with Crippen LogP contribution in [-0.4, -0.2) is 0 Å². The predicted molar refractivity (Wildman–Crippen MR) is 50.2 cm³/mol. The van der Waals surface area contributed by atoms with Crippen LogP contribution in [0.4, 0.5) is 13.2 Å². The van der Waals surface area contributed by atoms with E-state index in [0.717, 1.165) is 0 Å². The molecule has 15 heavy (non-hydrogen) atoms. The normalized spacial score (nSPS) is 11.7. The molecule has 0 N–H and O–H groups in total. The maximum absolute atomic E-state index is 13.3. The molecule has 0 saturated heterocycles. The summed E-state index contributed by atoms with van der Waals surface area (Å²) < 4.78 is 39.1. The highest BCUT2D eigenvalue weighted by molar-refractivity contribution is 6.09. The van der Waals surface area contributed by atoms with Gasteiger partial charge < -0.3 is 0 Å². The molecule has 0 spiro atoms. The molecular weight excluding hydrogens is 201 g/mol. The van der Waals surface area contributed by atoms with Crippen molar-refractivity contribution in [2.24, 2.45) is 0 Å². The van der Waals surface area contributed by atoms with Gasteiger partial charge in [0.15, 0.2) is 11.6 Å². The molecule has 0 unspecified atom stereocenters. The quantitative estimate of drug-likeness (QED) is 0.526. The van der Waals surface area contributed by atoms with Crippen LogP contribution in [0.2, 0.25) is 0 Å². The van der Waals surface area contributed by atoms with Crippen molar-refractivity contribution in [3.05, 3.63) is 47.8 Å². The molecule has 2 radical (unpaired) electrons. The predicted octanol–water partition coefficient (Wildman–Crippen LogP) is 3.45. The van der Waals surface area contributed by atoms with Crippen LogP contribution in [0.3, 0.4) is 0 Å². The summed E-state index contributed by atoms with van der Waals surface area (Å²) in [5, 5.41) is 1.34. The van der Waals surface area contributed by atoms with Gasteiger partial charge in [-0.1, -0.05) is 12.1 Å². The minimum atomic E-state index is -1.13. The van der Waals surface area contributed by atoms with Gasteiger partial charge in [-0.25, -0.2) is 13.2 Å². The summed E-state index contributed by atoms with van der Waals surface area (Å²) in [6.07, 6.45) is 0. The van der Waals surface area contributed by atoms with Crippen LogP contribution in [0.1, 0.15) is 0 Å². The van der Waals surface area contributed by atoms with Crippen LogP contribution in [0, 0.1) is 29.6 Å². The number of hydrogen-bond donors (Lipinski definition) is 0. The monoisotopic (exact) mass is 204 g/mol. The van der Waals surface area contributed by atoms with Gasteiger partial charge in [-0.2, -0.15) is 0 Å². The van der Waals surface area contributed by atoms with Gasteiger partial charge in [0.05, 0.1) is 0 Å². The Morgan fingerprint density at radius 3 is 2.20 bits per heavy atom. The summed E-state index contributed by atoms with van der Waals surface area (Å²) in [6.45, 7) is 0. The molecule has 0 aromatic heterocycles. The first-order chi connectivity index (χ1) is 7.16. The molecule has 0 aliphatic rings. The van der Waals surface area contributed by atoms with E-state index in [4.69, 9.17) is 0 Å². The van der Waals surface area contributed by atoms with Crippen LogP contribution >= 0.6 is 0 Å². The Morgan fingerprint density at radius 2 is 1.53 bits per heavy atom. The number of benzene rings is 4. The zero-order chi connectivity index (χ0) is 10.6. The van der Waals surface area contributed by atoms with E-state index < -0.39 is 17.5 Å². The van der Waals surface area contributed by atoms with Gasteiger partial charge in [-0.05, 0) is 11.5 Å². The molecule has 2 bridgehead atoms. The highest BCUT2D eigenvalue weighted by Crippen LogP contribution is 2.30. The first-order valence-electron chi connectivity index (χ1n) is 4.30. The average molecular weight is 204 g/mol. The molecule has 3 heteroatoms. The largest absolute Gasteiger partial charge is 0.206 e. The van der Waals surface area contributed by atoms with Gasteiger partial charge >= 0.3 is 0 Å². The Bertz CT molecular complexity index is 658. The van der Waals surface area contributed by atoms with Gasteiger partial charge in [0.1, 0.15) is 5.82 Å². The Kier molecular flexibility index (Phi) is 1.49. The average Bonchev–Trinajstić information content (AvgIpc) is 2.21. The minimum Gasteiger partial charge on any atom is -0.206 e. The van der Waals surface area contributed by atoms with E-state index in [1.807, 2.05) is 0 Å². The topological polar surface area (TPSA) is 0 Å². The van der Waals surface area contributed by atoms with Gasteiger partial charge in [-0.15, -0.1) is 0 Å². The molecular formula is C12H3F3. The van der Waals surface area contributed by atoms with E-state index >= 15 is 0 Å². The second-order valence-electron chi connectivity index (χ2n) is 3.32. The van der Waals surface area contributed by atoms with Crippen LogP contribution in [0.15, 0.2) is 18.2 Å². The lowest BCUT2D eigenvalue weighted by Gasteiger charge is -2.07. The second-order valence-corrected chi connectivity index (χ2v) is 3.32. The zero-order valence-electron chi connectivity index (χ0n) is 7.37. The molecule has 0 fully saturated rings. The van der Waals surface area contributed by atoms with Crippen molar-refractivity contribution >= 4 is 21.5 Å². The van der Waals surface area contributed by atoms with E-state index in [9.17, 15) is 13.2 Å². The fourth-order valence-corrected chi connectivity index (χ4v) is 1.75. The molecule has 4 rings (SSSR count).